The molecule has 0 aromatic carbocycles. The fraction of sp³-hybridized carbons (Fsp3) is 0.333. The van der Waals surface area contributed by atoms with Crippen molar-refractivity contribution in [3.63, 3.8) is 0 Å². The average Bonchev–Trinajstić information content (AvgIpc) is 2.78. The highest BCUT2D eigenvalue weighted by Gasteiger charge is 2.06. The van der Waals surface area contributed by atoms with Gasteiger partial charge in [0.1, 0.15) is 5.75 Å². The molecule has 0 fully saturated rings. The van der Waals surface area contributed by atoms with Gasteiger partial charge in [-0.2, -0.15) is 5.10 Å². The third kappa shape index (κ3) is 2.62. The van der Waals surface area contributed by atoms with Crippen LogP contribution in [0.5, 0.6) is 11.5 Å². The second-order valence-corrected chi connectivity index (χ2v) is 4.04. The molecule has 0 spiro atoms. The predicted molar refractivity (Wildman–Crippen MR) is 64.8 cm³/mol. The lowest BCUT2D eigenvalue weighted by atomic mass is 10.2. The van der Waals surface area contributed by atoms with Crippen molar-refractivity contribution in [1.29, 1.82) is 0 Å². The van der Waals surface area contributed by atoms with E-state index in [2.05, 4.69) is 23.9 Å². The quantitative estimate of drug-likeness (QED) is 0.876. The molecule has 90 valence electrons. The van der Waals surface area contributed by atoms with Crippen molar-refractivity contribution >= 4 is 0 Å². The number of aromatic nitrogens is 3. The van der Waals surface area contributed by atoms with E-state index in [1.54, 1.807) is 24.7 Å². The van der Waals surface area contributed by atoms with Crippen LogP contribution in [0.2, 0.25) is 0 Å². The van der Waals surface area contributed by atoms with Gasteiger partial charge in [-0.1, -0.05) is 0 Å². The second kappa shape index (κ2) is 4.97. The fourth-order valence-electron chi connectivity index (χ4n) is 1.45. The Morgan fingerprint density at radius 3 is 2.88 bits per heavy atom. The van der Waals surface area contributed by atoms with Gasteiger partial charge in [0.05, 0.1) is 12.4 Å². The number of rotatable bonds is 4. The number of ether oxygens (including phenoxy) is 1. The first kappa shape index (κ1) is 11.6. The molecule has 0 aliphatic rings. The van der Waals surface area contributed by atoms with Gasteiger partial charge in [0.2, 0.25) is 0 Å². The third-order valence-corrected chi connectivity index (χ3v) is 2.41. The summed E-state index contributed by atoms with van der Waals surface area (Å²) in [5, 5.41) is 4.21. The minimum absolute atomic E-state index is 0.318. The van der Waals surface area contributed by atoms with E-state index in [9.17, 15) is 0 Å². The molecule has 0 unspecified atom stereocenters. The molecule has 0 saturated heterocycles. The van der Waals surface area contributed by atoms with Crippen LogP contribution in [0.3, 0.4) is 0 Å². The van der Waals surface area contributed by atoms with Gasteiger partial charge in [-0.15, -0.1) is 0 Å². The molecule has 0 atom stereocenters. The molecule has 5 heteroatoms. The predicted octanol–water partition coefficient (Wildman–Crippen LogP) is 2.11. The highest BCUT2D eigenvalue weighted by molar-refractivity contribution is 5.34. The topological polar surface area (TPSA) is 66.0 Å². The Balaban J connectivity index is 2.19. The SMILES string of the molecule is CC(C)n1cc(Oc2ccncc2CN)cn1. The van der Waals surface area contributed by atoms with Crippen LogP contribution >= 0.6 is 0 Å². The van der Waals surface area contributed by atoms with Crippen LogP contribution in [0, 0.1) is 0 Å². The number of pyridine rings is 1. The van der Waals surface area contributed by atoms with Gasteiger partial charge >= 0.3 is 0 Å². The molecular formula is C12H16N4O. The van der Waals surface area contributed by atoms with Crippen LogP contribution in [-0.4, -0.2) is 14.8 Å². The van der Waals surface area contributed by atoms with Crippen molar-refractivity contribution in [1.82, 2.24) is 14.8 Å². The molecule has 0 bridgehead atoms. The Morgan fingerprint density at radius 2 is 2.24 bits per heavy atom. The molecule has 0 radical (unpaired) electrons. The van der Waals surface area contributed by atoms with Crippen molar-refractivity contribution in [2.45, 2.75) is 26.4 Å². The summed E-state index contributed by atoms with van der Waals surface area (Å²) in [7, 11) is 0. The third-order valence-electron chi connectivity index (χ3n) is 2.41. The van der Waals surface area contributed by atoms with Gasteiger partial charge in [0.15, 0.2) is 5.75 Å². The van der Waals surface area contributed by atoms with Crippen LogP contribution in [0.25, 0.3) is 0 Å². The lowest BCUT2D eigenvalue weighted by molar-refractivity contribution is 0.470. The molecule has 0 saturated carbocycles. The van der Waals surface area contributed by atoms with E-state index in [0.717, 1.165) is 11.3 Å². The Bertz CT molecular complexity index is 493. The molecular weight excluding hydrogens is 216 g/mol. The van der Waals surface area contributed by atoms with E-state index < -0.39 is 0 Å². The summed E-state index contributed by atoms with van der Waals surface area (Å²) in [4.78, 5) is 4.01. The molecule has 0 amide bonds. The molecule has 0 aliphatic carbocycles. The lowest BCUT2D eigenvalue weighted by Crippen LogP contribution is -2.00. The first-order valence-corrected chi connectivity index (χ1v) is 5.55. The molecule has 2 aromatic heterocycles. The number of nitrogens with two attached hydrogens (primary N) is 1. The zero-order valence-electron chi connectivity index (χ0n) is 10.00. The van der Waals surface area contributed by atoms with E-state index in [-0.39, 0.29) is 0 Å². The van der Waals surface area contributed by atoms with Crippen molar-refractivity contribution in [2.75, 3.05) is 0 Å². The van der Waals surface area contributed by atoms with Gasteiger partial charge in [-0.3, -0.25) is 9.67 Å². The number of hydrogen-bond acceptors (Lipinski definition) is 4. The lowest BCUT2D eigenvalue weighted by Gasteiger charge is -2.07. The Labute approximate surface area is 100 Å². The normalized spacial score (nSPS) is 10.8. The van der Waals surface area contributed by atoms with Crippen LogP contribution in [0.4, 0.5) is 0 Å². The summed E-state index contributed by atoms with van der Waals surface area (Å²) >= 11 is 0. The first-order chi connectivity index (χ1) is 8.20. The van der Waals surface area contributed by atoms with Gasteiger partial charge in [0.25, 0.3) is 0 Å². The van der Waals surface area contributed by atoms with Gasteiger partial charge in [-0.25, -0.2) is 0 Å². The largest absolute Gasteiger partial charge is 0.454 e. The molecule has 0 aliphatic heterocycles. The average molecular weight is 232 g/mol. The summed E-state index contributed by atoms with van der Waals surface area (Å²) in [5.74, 6) is 1.44. The summed E-state index contributed by atoms with van der Waals surface area (Å²) in [5.41, 5.74) is 6.50. The maximum atomic E-state index is 5.73. The summed E-state index contributed by atoms with van der Waals surface area (Å²) in [6.45, 7) is 4.53. The molecule has 2 aromatic rings. The van der Waals surface area contributed by atoms with Gasteiger partial charge < -0.3 is 10.5 Å². The molecule has 17 heavy (non-hydrogen) atoms. The smallest absolute Gasteiger partial charge is 0.165 e. The highest BCUT2D eigenvalue weighted by Crippen LogP contribution is 2.24. The van der Waals surface area contributed by atoms with Gasteiger partial charge in [-0.05, 0) is 19.9 Å². The molecule has 2 heterocycles. The summed E-state index contributed by atoms with van der Waals surface area (Å²) in [6, 6.07) is 2.12. The Kier molecular flexibility index (Phi) is 3.39. The molecule has 2 N–H and O–H groups in total. The van der Waals surface area contributed by atoms with Crippen LogP contribution in [0.15, 0.2) is 30.9 Å². The zero-order valence-corrected chi connectivity index (χ0v) is 10.00. The second-order valence-electron chi connectivity index (χ2n) is 4.04. The maximum absolute atomic E-state index is 5.73. The number of nitrogens with zero attached hydrogens (tertiary/aromatic N) is 3. The molecule has 5 nitrogen and oxygen atoms in total. The molecule has 2 rings (SSSR count). The van der Waals surface area contributed by atoms with E-state index >= 15 is 0 Å². The van der Waals surface area contributed by atoms with E-state index in [1.807, 2.05) is 10.9 Å². The summed E-state index contributed by atoms with van der Waals surface area (Å²) in [6.07, 6.45) is 6.95. The number of hydrogen-bond donors (Lipinski definition) is 1. The van der Waals surface area contributed by atoms with E-state index in [4.69, 9.17) is 10.5 Å². The monoisotopic (exact) mass is 232 g/mol. The van der Waals surface area contributed by atoms with Crippen molar-refractivity contribution in [3.05, 3.63) is 36.4 Å². The van der Waals surface area contributed by atoms with E-state index in [1.165, 1.54) is 0 Å². The van der Waals surface area contributed by atoms with Crippen molar-refractivity contribution in [2.24, 2.45) is 5.73 Å². The van der Waals surface area contributed by atoms with Crippen molar-refractivity contribution in [3.8, 4) is 11.5 Å². The zero-order chi connectivity index (χ0) is 12.3. The Morgan fingerprint density at radius 1 is 1.41 bits per heavy atom. The van der Waals surface area contributed by atoms with Crippen LogP contribution in [-0.2, 0) is 6.54 Å². The van der Waals surface area contributed by atoms with Crippen molar-refractivity contribution < 1.29 is 4.74 Å². The fourth-order valence-corrected chi connectivity index (χ4v) is 1.45. The minimum Gasteiger partial charge on any atom is -0.454 e. The standard InChI is InChI=1S/C12H16N4O/c1-9(2)16-8-11(7-15-16)17-12-3-4-14-6-10(12)5-13/h3-4,6-9H,5,13H2,1-2H3. The minimum atomic E-state index is 0.318. The van der Waals surface area contributed by atoms with Crippen LogP contribution < -0.4 is 10.5 Å². The van der Waals surface area contributed by atoms with Gasteiger partial charge in [0, 0.05) is 30.5 Å². The Hall–Kier alpha value is -1.88. The van der Waals surface area contributed by atoms with E-state index in [0.29, 0.717) is 18.3 Å². The maximum Gasteiger partial charge on any atom is 0.165 e. The summed E-state index contributed by atoms with van der Waals surface area (Å²) < 4.78 is 7.57. The first-order valence-electron chi connectivity index (χ1n) is 5.55. The highest BCUT2D eigenvalue weighted by atomic mass is 16.5. The van der Waals surface area contributed by atoms with Crippen LogP contribution in [0.1, 0.15) is 25.5 Å².